The molecule has 2 fully saturated rings. The largest absolute Gasteiger partial charge is 0.478 e. The van der Waals surface area contributed by atoms with Gasteiger partial charge in [0.15, 0.2) is 0 Å². The van der Waals surface area contributed by atoms with Gasteiger partial charge in [-0.05, 0) is 36.8 Å². The molecular weight excluding hydrogens is 537 g/mol. The number of ether oxygens (including phenoxy) is 2. The fourth-order valence-corrected chi connectivity index (χ4v) is 5.26. The molecule has 0 spiro atoms. The van der Waals surface area contributed by atoms with E-state index in [0.29, 0.717) is 23.0 Å². The minimum Gasteiger partial charge on any atom is -0.478 e. The lowest BCUT2D eigenvalue weighted by Gasteiger charge is -2.35. The molecule has 1 N–H and O–H groups in total. The van der Waals surface area contributed by atoms with Crippen LogP contribution >= 0.6 is 11.6 Å². The van der Waals surface area contributed by atoms with Crippen molar-refractivity contribution >= 4 is 28.9 Å². The summed E-state index contributed by atoms with van der Waals surface area (Å²) in [6, 6.07) is 13.4. The number of hydrogen-bond donors (Lipinski definition) is 1. The Morgan fingerprint density at radius 1 is 1.15 bits per heavy atom. The highest BCUT2D eigenvalue weighted by Gasteiger charge is 2.26. The second-order valence-corrected chi connectivity index (χ2v) is 10.5. The molecule has 2 aliphatic heterocycles. The summed E-state index contributed by atoms with van der Waals surface area (Å²) >= 11 is 5.84. The predicted molar refractivity (Wildman–Crippen MR) is 148 cm³/mol. The first kappa shape index (κ1) is 26.5. The van der Waals surface area contributed by atoms with E-state index in [1.807, 2.05) is 12.1 Å². The number of aromatic nitrogens is 3. The Labute approximate surface area is 235 Å². The number of nitrogens with zero attached hydrogens (tertiary/aromatic N) is 5. The number of piperazine rings is 1. The van der Waals surface area contributed by atoms with Crippen LogP contribution in [0, 0.1) is 5.82 Å². The standard InChI is InChI=1S/C29H29ClFN5O4/c30-21-5-4-20(24(31)15-21)18-40-28-3-1-2-27(32-28)35-11-9-34(10-12-35)17-25-23(16-22-7-13-39-22)26-14-19(29(37)38)6-8-36(26)33-25/h1-6,8,14-15,22H,7,9-13,16-18H2,(H,37,38). The Morgan fingerprint density at radius 3 is 2.70 bits per heavy atom. The summed E-state index contributed by atoms with van der Waals surface area (Å²) in [6.45, 7) is 4.68. The van der Waals surface area contributed by atoms with Gasteiger partial charge < -0.3 is 19.5 Å². The van der Waals surface area contributed by atoms with Crippen molar-refractivity contribution in [3.63, 3.8) is 0 Å². The minimum absolute atomic E-state index is 0.0639. The van der Waals surface area contributed by atoms with E-state index in [2.05, 4.69) is 14.8 Å². The number of halogens is 2. The second kappa shape index (κ2) is 11.4. The Balaban J connectivity index is 1.11. The normalized spacial score (nSPS) is 17.6. The number of fused-ring (bicyclic) bond motifs is 1. The van der Waals surface area contributed by atoms with Gasteiger partial charge in [0.05, 0.1) is 22.9 Å². The first-order valence-electron chi connectivity index (χ1n) is 13.3. The van der Waals surface area contributed by atoms with Crippen molar-refractivity contribution in [1.82, 2.24) is 19.5 Å². The third kappa shape index (κ3) is 5.74. The van der Waals surface area contributed by atoms with E-state index in [1.165, 1.54) is 6.07 Å². The maximum atomic E-state index is 14.1. The second-order valence-electron chi connectivity index (χ2n) is 10.1. The lowest BCUT2D eigenvalue weighted by Crippen LogP contribution is -2.46. The molecule has 0 bridgehead atoms. The molecule has 2 aliphatic rings. The van der Waals surface area contributed by atoms with Gasteiger partial charge >= 0.3 is 5.97 Å². The topological polar surface area (TPSA) is 92.4 Å². The Morgan fingerprint density at radius 2 is 1.98 bits per heavy atom. The monoisotopic (exact) mass is 565 g/mol. The average Bonchev–Trinajstić information content (AvgIpc) is 3.26. The molecule has 9 nitrogen and oxygen atoms in total. The van der Waals surface area contributed by atoms with Gasteiger partial charge in [0.25, 0.3) is 0 Å². The summed E-state index contributed by atoms with van der Waals surface area (Å²) in [5, 5.41) is 14.6. The number of pyridine rings is 2. The Bertz CT molecular complexity index is 1530. The van der Waals surface area contributed by atoms with Gasteiger partial charge in [-0.2, -0.15) is 10.1 Å². The molecule has 6 rings (SSSR count). The van der Waals surface area contributed by atoms with E-state index in [1.54, 1.807) is 41.0 Å². The zero-order chi connectivity index (χ0) is 27.6. The van der Waals surface area contributed by atoms with E-state index in [-0.39, 0.29) is 18.3 Å². The van der Waals surface area contributed by atoms with Gasteiger partial charge in [0.1, 0.15) is 18.2 Å². The predicted octanol–water partition coefficient (Wildman–Crippen LogP) is 4.45. The molecule has 0 radical (unpaired) electrons. The van der Waals surface area contributed by atoms with Crippen LogP contribution in [-0.2, 0) is 24.3 Å². The van der Waals surface area contributed by atoms with Crippen molar-refractivity contribution < 1.29 is 23.8 Å². The summed E-state index contributed by atoms with van der Waals surface area (Å²) in [6.07, 6.45) is 3.58. The summed E-state index contributed by atoms with van der Waals surface area (Å²) in [5.74, 6) is -0.114. The molecule has 11 heteroatoms. The maximum Gasteiger partial charge on any atom is 0.335 e. The summed E-state index contributed by atoms with van der Waals surface area (Å²) in [7, 11) is 0. The van der Waals surface area contributed by atoms with E-state index in [0.717, 1.165) is 68.2 Å². The van der Waals surface area contributed by atoms with Gasteiger partial charge in [0, 0.05) is 74.2 Å². The highest BCUT2D eigenvalue weighted by molar-refractivity contribution is 6.30. The number of carboxylic acids is 1. The summed E-state index contributed by atoms with van der Waals surface area (Å²) in [5.41, 5.74) is 3.50. The fraction of sp³-hybridized carbons (Fsp3) is 0.345. The van der Waals surface area contributed by atoms with Crippen LogP contribution in [0.4, 0.5) is 10.2 Å². The molecule has 208 valence electrons. The van der Waals surface area contributed by atoms with Crippen LogP contribution in [0.2, 0.25) is 5.02 Å². The number of benzene rings is 1. The van der Waals surface area contributed by atoms with Crippen LogP contribution in [0.15, 0.2) is 54.7 Å². The van der Waals surface area contributed by atoms with Gasteiger partial charge in [-0.15, -0.1) is 0 Å². The Hall–Kier alpha value is -3.73. The Kier molecular flexibility index (Phi) is 7.55. The van der Waals surface area contributed by atoms with Crippen LogP contribution < -0.4 is 9.64 Å². The zero-order valence-corrected chi connectivity index (χ0v) is 22.6. The molecule has 0 amide bonds. The molecule has 2 saturated heterocycles. The lowest BCUT2D eigenvalue weighted by atomic mass is 10.0. The molecule has 4 aromatic rings. The third-order valence-electron chi connectivity index (χ3n) is 7.46. The molecule has 1 unspecified atom stereocenters. The first-order chi connectivity index (χ1) is 19.4. The van der Waals surface area contributed by atoms with Crippen LogP contribution in [0.5, 0.6) is 5.88 Å². The smallest absolute Gasteiger partial charge is 0.335 e. The van der Waals surface area contributed by atoms with Crippen LogP contribution in [0.1, 0.15) is 33.6 Å². The van der Waals surface area contributed by atoms with Crippen molar-refractivity contribution in [3.05, 3.63) is 88.0 Å². The quantitative estimate of drug-likeness (QED) is 0.318. The highest BCUT2D eigenvalue weighted by atomic mass is 35.5. The minimum atomic E-state index is -0.951. The zero-order valence-electron chi connectivity index (χ0n) is 21.8. The molecule has 40 heavy (non-hydrogen) atoms. The average molecular weight is 566 g/mol. The molecule has 1 aromatic carbocycles. The van der Waals surface area contributed by atoms with Crippen molar-refractivity contribution in [2.45, 2.75) is 32.1 Å². The van der Waals surface area contributed by atoms with Crippen LogP contribution in [-0.4, -0.2) is 69.5 Å². The van der Waals surface area contributed by atoms with Crippen molar-refractivity contribution in [3.8, 4) is 5.88 Å². The number of aromatic carboxylic acids is 1. The number of rotatable bonds is 9. The van der Waals surface area contributed by atoms with Crippen LogP contribution in [0.3, 0.4) is 0 Å². The highest BCUT2D eigenvalue weighted by Crippen LogP contribution is 2.26. The molecule has 0 aliphatic carbocycles. The van der Waals surface area contributed by atoms with E-state index >= 15 is 0 Å². The van der Waals surface area contributed by atoms with Crippen molar-refractivity contribution in [2.24, 2.45) is 0 Å². The molecule has 1 atom stereocenters. The molecule has 3 aromatic heterocycles. The van der Waals surface area contributed by atoms with Crippen molar-refractivity contribution in [1.29, 1.82) is 0 Å². The third-order valence-corrected chi connectivity index (χ3v) is 7.70. The van der Waals surface area contributed by atoms with E-state index in [4.69, 9.17) is 26.2 Å². The molecular formula is C29H29ClFN5O4. The van der Waals surface area contributed by atoms with E-state index in [9.17, 15) is 14.3 Å². The summed E-state index contributed by atoms with van der Waals surface area (Å²) in [4.78, 5) is 20.8. The summed E-state index contributed by atoms with van der Waals surface area (Å²) < 4.78 is 27.3. The number of carbonyl (C=O) groups is 1. The number of anilines is 1. The SMILES string of the molecule is O=C(O)c1ccn2nc(CN3CCN(c4cccc(OCc5ccc(Cl)cc5F)n4)CC3)c(CC3CCO3)c2c1. The lowest BCUT2D eigenvalue weighted by molar-refractivity contribution is -0.0491. The van der Waals surface area contributed by atoms with E-state index < -0.39 is 11.8 Å². The van der Waals surface area contributed by atoms with Gasteiger partial charge in [-0.1, -0.05) is 23.7 Å². The van der Waals surface area contributed by atoms with Gasteiger partial charge in [0.2, 0.25) is 5.88 Å². The molecule has 0 saturated carbocycles. The van der Waals surface area contributed by atoms with Gasteiger partial charge in [-0.25, -0.2) is 13.7 Å². The van der Waals surface area contributed by atoms with Gasteiger partial charge in [-0.3, -0.25) is 4.90 Å². The maximum absolute atomic E-state index is 14.1. The van der Waals surface area contributed by atoms with Crippen LogP contribution in [0.25, 0.3) is 5.52 Å². The number of carboxylic acid groups (broad SMARTS) is 1. The van der Waals surface area contributed by atoms with Crippen molar-refractivity contribution in [2.75, 3.05) is 37.7 Å². The first-order valence-corrected chi connectivity index (χ1v) is 13.7. The number of hydrogen-bond acceptors (Lipinski definition) is 7. The fourth-order valence-electron chi connectivity index (χ4n) is 5.10. The molecule has 5 heterocycles.